The van der Waals surface area contributed by atoms with Crippen molar-refractivity contribution in [1.29, 1.82) is 0 Å². The van der Waals surface area contributed by atoms with Gasteiger partial charge in [0, 0.05) is 21.6 Å². The van der Waals surface area contributed by atoms with Gasteiger partial charge in [0.25, 0.3) is 0 Å². The maximum atomic E-state index is 6.27. The molecule has 1 rings (SSSR count). The smallest absolute Gasteiger partial charge is 0.0332 e. The second-order valence-corrected chi connectivity index (χ2v) is 7.03. The Labute approximate surface area is 142 Å². The third-order valence-corrected chi connectivity index (χ3v) is 5.47. The zero-order valence-electron chi connectivity index (χ0n) is 12.3. The molecule has 0 aromatic heterocycles. The van der Waals surface area contributed by atoms with Crippen molar-refractivity contribution in [3.63, 3.8) is 0 Å². The Morgan fingerprint density at radius 3 is 2.25 bits per heavy atom. The van der Waals surface area contributed by atoms with E-state index in [1.54, 1.807) is 0 Å². The average molecular weight is 380 g/mol. The quantitative estimate of drug-likeness (QED) is 0.305. The molecule has 0 aliphatic carbocycles. The van der Waals surface area contributed by atoms with Crippen molar-refractivity contribution in [1.82, 2.24) is 0 Å². The predicted octanol–water partition coefficient (Wildman–Crippen LogP) is 6.92. The van der Waals surface area contributed by atoms with E-state index in [4.69, 9.17) is 23.2 Å². The van der Waals surface area contributed by atoms with Gasteiger partial charge in [-0.05, 0) is 24.1 Å². The molecule has 0 unspecified atom stereocenters. The number of benzene rings is 1. The molecule has 0 nitrogen and oxygen atoms in total. The fraction of sp³-hybridized carbons (Fsp3) is 0.647. The highest BCUT2D eigenvalue weighted by Crippen LogP contribution is 2.34. The van der Waals surface area contributed by atoms with Gasteiger partial charge in [-0.25, -0.2) is 0 Å². The third-order valence-electron chi connectivity index (χ3n) is 3.96. The number of halogens is 3. The molecule has 3 heteroatoms. The van der Waals surface area contributed by atoms with Gasteiger partial charge in [-0.3, -0.25) is 0 Å². The average Bonchev–Trinajstić information content (AvgIpc) is 2.47. The molecule has 0 saturated carbocycles. The zero-order chi connectivity index (χ0) is 14.8. The summed E-state index contributed by atoms with van der Waals surface area (Å²) in [5.74, 6) is 1.17. The van der Waals surface area contributed by atoms with Gasteiger partial charge < -0.3 is 0 Å². The number of unbranched alkanes of at least 4 members (excludes halogenated alkanes) is 5. The first-order chi connectivity index (χ1) is 9.68. The Balaban J connectivity index is 2.58. The van der Waals surface area contributed by atoms with E-state index in [1.165, 1.54) is 44.1 Å². The monoisotopic (exact) mass is 378 g/mol. The molecule has 0 spiro atoms. The Bertz CT molecular complexity index is 375. The minimum absolute atomic E-state index is 0.0857. The van der Waals surface area contributed by atoms with Crippen molar-refractivity contribution in [3.05, 3.63) is 34.3 Å². The molecule has 114 valence electrons. The van der Waals surface area contributed by atoms with Gasteiger partial charge in [0.15, 0.2) is 0 Å². The van der Waals surface area contributed by atoms with Gasteiger partial charge >= 0.3 is 0 Å². The van der Waals surface area contributed by atoms with Crippen LogP contribution < -0.4 is 0 Å². The fourth-order valence-electron chi connectivity index (χ4n) is 2.53. The molecule has 0 atom stereocenters. The summed E-state index contributed by atoms with van der Waals surface area (Å²) >= 11 is 16.1. The lowest BCUT2D eigenvalue weighted by Gasteiger charge is -2.30. The molecule has 0 fully saturated rings. The second kappa shape index (κ2) is 10.1. The van der Waals surface area contributed by atoms with Crippen molar-refractivity contribution < 1.29 is 0 Å². The molecule has 20 heavy (non-hydrogen) atoms. The van der Waals surface area contributed by atoms with Gasteiger partial charge in [-0.15, -0.1) is 23.2 Å². The van der Waals surface area contributed by atoms with Gasteiger partial charge in [0.05, 0.1) is 0 Å². The summed E-state index contributed by atoms with van der Waals surface area (Å²) < 4.78 is 1.09. The van der Waals surface area contributed by atoms with Crippen LogP contribution in [0.3, 0.4) is 0 Å². The van der Waals surface area contributed by atoms with Gasteiger partial charge in [-0.2, -0.15) is 0 Å². The van der Waals surface area contributed by atoms with Crippen LogP contribution in [0.15, 0.2) is 28.7 Å². The van der Waals surface area contributed by atoms with E-state index >= 15 is 0 Å². The van der Waals surface area contributed by atoms with E-state index in [1.807, 2.05) is 6.07 Å². The first kappa shape index (κ1) is 18.3. The van der Waals surface area contributed by atoms with Crippen LogP contribution in [-0.2, 0) is 5.41 Å². The Morgan fingerprint density at radius 1 is 1.00 bits per heavy atom. The lowest BCUT2D eigenvalue weighted by molar-refractivity contribution is 0.452. The molecule has 0 bridgehead atoms. The summed E-state index contributed by atoms with van der Waals surface area (Å²) in [6.45, 7) is 2.25. The van der Waals surface area contributed by atoms with Crippen molar-refractivity contribution in [2.24, 2.45) is 0 Å². The van der Waals surface area contributed by atoms with E-state index in [9.17, 15) is 0 Å². The Hall–Kier alpha value is 0.280. The van der Waals surface area contributed by atoms with Gasteiger partial charge in [0.1, 0.15) is 0 Å². The highest BCUT2D eigenvalue weighted by atomic mass is 79.9. The van der Waals surface area contributed by atoms with Crippen LogP contribution in [-0.4, -0.2) is 11.8 Å². The maximum absolute atomic E-state index is 6.27. The minimum atomic E-state index is -0.0857. The van der Waals surface area contributed by atoms with E-state index in [2.05, 4.69) is 41.1 Å². The molecule has 1 aromatic rings. The first-order valence-corrected chi connectivity index (χ1v) is 9.42. The van der Waals surface area contributed by atoms with Crippen molar-refractivity contribution in [3.8, 4) is 0 Å². The maximum Gasteiger partial charge on any atom is 0.0332 e. The Morgan fingerprint density at radius 2 is 1.65 bits per heavy atom. The van der Waals surface area contributed by atoms with Crippen LogP contribution in [0.4, 0.5) is 0 Å². The van der Waals surface area contributed by atoms with Crippen LogP contribution in [0, 0.1) is 0 Å². The first-order valence-electron chi connectivity index (χ1n) is 7.56. The summed E-state index contributed by atoms with van der Waals surface area (Å²) in [6, 6.07) is 8.41. The van der Waals surface area contributed by atoms with Crippen LogP contribution in [0.25, 0.3) is 0 Å². The van der Waals surface area contributed by atoms with Crippen molar-refractivity contribution >= 4 is 39.1 Å². The highest BCUT2D eigenvalue weighted by Gasteiger charge is 2.30. The summed E-state index contributed by atoms with van der Waals surface area (Å²) in [7, 11) is 0. The topological polar surface area (TPSA) is 0 Å². The van der Waals surface area contributed by atoms with Crippen LogP contribution in [0.1, 0.15) is 57.4 Å². The molecule has 0 heterocycles. The molecular weight excluding hydrogens is 355 g/mol. The standard InChI is InChI=1S/C17H25BrCl2/c1-2-3-4-5-6-7-11-17(13-19,14-20)15-9-8-10-16(18)12-15/h8-10,12H,2-7,11,13-14H2,1H3. The van der Waals surface area contributed by atoms with Crippen LogP contribution >= 0.6 is 39.1 Å². The number of rotatable bonds is 10. The third kappa shape index (κ3) is 5.58. The number of hydrogen-bond acceptors (Lipinski definition) is 0. The lowest BCUT2D eigenvalue weighted by atomic mass is 9.79. The van der Waals surface area contributed by atoms with Crippen molar-refractivity contribution in [2.75, 3.05) is 11.8 Å². The number of alkyl halides is 2. The number of hydrogen-bond donors (Lipinski definition) is 0. The summed E-state index contributed by atoms with van der Waals surface area (Å²) in [6.07, 6.45) is 8.88. The molecule has 0 saturated heterocycles. The second-order valence-electron chi connectivity index (χ2n) is 5.58. The summed E-state index contributed by atoms with van der Waals surface area (Å²) in [4.78, 5) is 0. The Kier molecular flexibility index (Phi) is 9.24. The summed E-state index contributed by atoms with van der Waals surface area (Å²) in [5, 5.41) is 0. The SMILES string of the molecule is CCCCCCCCC(CCl)(CCl)c1cccc(Br)c1. The van der Waals surface area contributed by atoms with Crippen LogP contribution in [0.5, 0.6) is 0 Å². The lowest BCUT2D eigenvalue weighted by Crippen LogP contribution is -2.30. The van der Waals surface area contributed by atoms with Crippen molar-refractivity contribution in [2.45, 2.75) is 57.3 Å². The molecule has 0 amide bonds. The van der Waals surface area contributed by atoms with E-state index in [0.717, 1.165) is 10.9 Å². The molecule has 0 N–H and O–H groups in total. The van der Waals surface area contributed by atoms with Gasteiger partial charge in [-0.1, -0.05) is 73.5 Å². The molecular formula is C17H25BrCl2. The minimum Gasteiger partial charge on any atom is -0.126 e. The van der Waals surface area contributed by atoms with Gasteiger partial charge in [0.2, 0.25) is 0 Å². The van der Waals surface area contributed by atoms with E-state index in [-0.39, 0.29) is 5.41 Å². The zero-order valence-corrected chi connectivity index (χ0v) is 15.4. The highest BCUT2D eigenvalue weighted by molar-refractivity contribution is 9.10. The summed E-state index contributed by atoms with van der Waals surface area (Å²) in [5.41, 5.74) is 1.17. The normalized spacial score (nSPS) is 11.8. The van der Waals surface area contributed by atoms with E-state index < -0.39 is 0 Å². The predicted molar refractivity (Wildman–Crippen MR) is 95.3 cm³/mol. The molecule has 1 aromatic carbocycles. The molecule has 0 aliphatic heterocycles. The molecule has 0 aliphatic rings. The van der Waals surface area contributed by atoms with E-state index in [0.29, 0.717) is 11.8 Å². The molecule has 0 radical (unpaired) electrons. The largest absolute Gasteiger partial charge is 0.126 e. The van der Waals surface area contributed by atoms with Crippen LogP contribution in [0.2, 0.25) is 0 Å². The fourth-order valence-corrected chi connectivity index (χ4v) is 3.79.